The molecule has 0 saturated heterocycles. The van der Waals surface area contributed by atoms with Crippen molar-refractivity contribution < 1.29 is 13.7 Å². The fraction of sp³-hybridized carbons (Fsp3) is 0.765. The van der Waals surface area contributed by atoms with Crippen molar-refractivity contribution in [3.63, 3.8) is 0 Å². The summed E-state index contributed by atoms with van der Waals surface area (Å²) in [5.74, 6) is -0.858. The van der Waals surface area contributed by atoms with Crippen LogP contribution < -0.4 is 4.72 Å². The number of hydrogen-bond acceptors (Lipinski definition) is 3. The fourth-order valence-corrected chi connectivity index (χ4v) is 4.05. The highest BCUT2D eigenvalue weighted by Crippen LogP contribution is 2.45. The first-order valence-electron chi connectivity index (χ1n) is 7.81. The standard InChI is InChI=1S/C17H31NO3S/c1-8-11-14(2)16(18-22(19)15(3,4)5)12-9-10-13-17(16,20-6)21-7/h8,11,18H,2,9-10,12-13H2,1,3-7H3/b11-8-. The van der Waals surface area contributed by atoms with E-state index in [1.54, 1.807) is 14.2 Å². The van der Waals surface area contributed by atoms with E-state index in [0.717, 1.165) is 31.3 Å². The Morgan fingerprint density at radius 3 is 2.23 bits per heavy atom. The minimum atomic E-state index is -1.25. The molecule has 0 aliphatic heterocycles. The molecule has 1 N–H and O–H groups in total. The van der Waals surface area contributed by atoms with Gasteiger partial charge in [-0.25, -0.2) is 8.93 Å². The molecule has 1 aliphatic carbocycles. The molecule has 22 heavy (non-hydrogen) atoms. The summed E-state index contributed by atoms with van der Waals surface area (Å²) in [5, 5.41) is 0. The van der Waals surface area contributed by atoms with Crippen LogP contribution in [0.2, 0.25) is 0 Å². The third kappa shape index (κ3) is 3.53. The predicted octanol–water partition coefficient (Wildman–Crippen LogP) is 3.47. The lowest BCUT2D eigenvalue weighted by atomic mass is 9.72. The number of ether oxygens (including phenoxy) is 2. The third-order valence-corrected chi connectivity index (χ3v) is 6.00. The van der Waals surface area contributed by atoms with E-state index in [-0.39, 0.29) is 4.75 Å². The van der Waals surface area contributed by atoms with E-state index in [1.165, 1.54) is 0 Å². The summed E-state index contributed by atoms with van der Waals surface area (Å²) in [5.41, 5.74) is 0.148. The molecule has 1 fully saturated rings. The van der Waals surface area contributed by atoms with Gasteiger partial charge in [0.05, 0.1) is 15.7 Å². The normalized spacial score (nSPS) is 27.0. The van der Waals surface area contributed by atoms with Crippen molar-refractivity contribution >= 4 is 11.0 Å². The zero-order valence-corrected chi connectivity index (χ0v) is 15.6. The molecule has 1 rings (SSSR count). The molecule has 0 radical (unpaired) electrons. The van der Waals surface area contributed by atoms with E-state index in [2.05, 4.69) is 11.3 Å². The minimum absolute atomic E-state index is 0.381. The highest BCUT2D eigenvalue weighted by molar-refractivity contribution is 7.84. The van der Waals surface area contributed by atoms with E-state index < -0.39 is 22.3 Å². The van der Waals surface area contributed by atoms with Crippen molar-refractivity contribution in [2.75, 3.05) is 14.2 Å². The molecule has 4 nitrogen and oxygen atoms in total. The van der Waals surface area contributed by atoms with Crippen LogP contribution >= 0.6 is 0 Å². The molecule has 2 unspecified atom stereocenters. The smallest absolute Gasteiger partial charge is 0.190 e. The first kappa shape index (κ1) is 19.6. The summed E-state index contributed by atoms with van der Waals surface area (Å²) in [6.45, 7) is 12.0. The van der Waals surface area contributed by atoms with Gasteiger partial charge in [0.2, 0.25) is 0 Å². The molecule has 0 bridgehead atoms. The van der Waals surface area contributed by atoms with E-state index in [9.17, 15) is 4.21 Å². The fourth-order valence-electron chi connectivity index (χ4n) is 3.04. The van der Waals surface area contributed by atoms with Gasteiger partial charge in [0.1, 0.15) is 5.54 Å². The first-order valence-corrected chi connectivity index (χ1v) is 8.96. The van der Waals surface area contributed by atoms with Crippen LogP contribution in [0, 0.1) is 0 Å². The van der Waals surface area contributed by atoms with Gasteiger partial charge < -0.3 is 9.47 Å². The monoisotopic (exact) mass is 329 g/mol. The Labute approximate surface area is 137 Å². The van der Waals surface area contributed by atoms with E-state index in [1.807, 2.05) is 39.8 Å². The van der Waals surface area contributed by atoms with Crippen molar-refractivity contribution in [1.29, 1.82) is 0 Å². The number of methoxy groups -OCH3 is 2. The molecule has 128 valence electrons. The van der Waals surface area contributed by atoms with Gasteiger partial charge in [-0.2, -0.15) is 0 Å². The van der Waals surface area contributed by atoms with Gasteiger partial charge in [-0.1, -0.05) is 25.2 Å². The largest absolute Gasteiger partial charge is 0.351 e. The summed E-state index contributed by atoms with van der Waals surface area (Å²) in [7, 11) is 2.04. The number of nitrogens with one attached hydrogen (secondary N) is 1. The maximum Gasteiger partial charge on any atom is 0.190 e. The van der Waals surface area contributed by atoms with Gasteiger partial charge in [0, 0.05) is 20.6 Å². The molecule has 5 heteroatoms. The molecule has 0 spiro atoms. The Morgan fingerprint density at radius 2 is 1.77 bits per heavy atom. The number of allylic oxidation sites excluding steroid dienone is 1. The number of rotatable bonds is 6. The van der Waals surface area contributed by atoms with Crippen LogP contribution in [0.4, 0.5) is 0 Å². The Balaban J connectivity index is 3.37. The highest BCUT2D eigenvalue weighted by Gasteiger charge is 2.56. The Bertz CT molecular complexity index is 449. The zero-order valence-electron chi connectivity index (χ0n) is 14.8. The molecule has 1 aliphatic rings. The quantitative estimate of drug-likeness (QED) is 0.599. The lowest BCUT2D eigenvalue weighted by Gasteiger charge is -2.52. The van der Waals surface area contributed by atoms with Crippen molar-refractivity contribution in [2.45, 2.75) is 69.5 Å². The van der Waals surface area contributed by atoms with Gasteiger partial charge in [-0.3, -0.25) is 0 Å². The average molecular weight is 330 g/mol. The van der Waals surface area contributed by atoms with Gasteiger partial charge in [-0.15, -0.1) is 0 Å². The van der Waals surface area contributed by atoms with Gasteiger partial charge in [0.25, 0.3) is 0 Å². The average Bonchev–Trinajstić information content (AvgIpc) is 2.47. The van der Waals surface area contributed by atoms with Crippen molar-refractivity contribution in [3.05, 3.63) is 24.3 Å². The molecule has 2 atom stereocenters. The summed E-state index contributed by atoms with van der Waals surface area (Å²) < 4.78 is 27.4. The van der Waals surface area contributed by atoms with Crippen LogP contribution in [0.1, 0.15) is 53.4 Å². The van der Waals surface area contributed by atoms with Crippen LogP contribution in [0.15, 0.2) is 24.3 Å². The van der Waals surface area contributed by atoms with Crippen molar-refractivity contribution in [2.24, 2.45) is 0 Å². The summed E-state index contributed by atoms with van der Waals surface area (Å²) >= 11 is 0. The second-order valence-corrected chi connectivity index (χ2v) is 8.75. The molecule has 0 aromatic rings. The maximum atomic E-state index is 12.8. The van der Waals surface area contributed by atoms with Crippen LogP contribution in [0.3, 0.4) is 0 Å². The second kappa shape index (κ2) is 7.39. The predicted molar refractivity (Wildman–Crippen MR) is 92.9 cm³/mol. The minimum Gasteiger partial charge on any atom is -0.351 e. The second-order valence-electron chi connectivity index (χ2n) is 6.78. The van der Waals surface area contributed by atoms with Gasteiger partial charge in [-0.05, 0) is 46.1 Å². The highest BCUT2D eigenvalue weighted by atomic mass is 32.2. The SMILES string of the molecule is C=C(/C=C\C)C1(NS(=O)C(C)(C)C)CCCCC1(OC)OC. The Kier molecular flexibility index (Phi) is 6.57. The van der Waals surface area contributed by atoms with Crippen LogP contribution in [-0.2, 0) is 20.5 Å². The summed E-state index contributed by atoms with van der Waals surface area (Å²) in [6, 6.07) is 0. The lowest BCUT2D eigenvalue weighted by molar-refractivity contribution is -0.256. The molecule has 0 aromatic carbocycles. The summed E-state index contributed by atoms with van der Waals surface area (Å²) in [6.07, 6.45) is 7.43. The molecule has 0 amide bonds. The van der Waals surface area contributed by atoms with Gasteiger partial charge >= 0.3 is 0 Å². The molecular formula is C17H31NO3S. The lowest BCUT2D eigenvalue weighted by Crippen LogP contribution is -2.68. The molecule has 1 saturated carbocycles. The van der Waals surface area contributed by atoms with Crippen LogP contribution in [0.5, 0.6) is 0 Å². The Morgan fingerprint density at radius 1 is 1.23 bits per heavy atom. The molecule has 0 heterocycles. The van der Waals surface area contributed by atoms with E-state index in [0.29, 0.717) is 0 Å². The van der Waals surface area contributed by atoms with Crippen LogP contribution in [-0.4, -0.2) is 34.5 Å². The summed E-state index contributed by atoms with van der Waals surface area (Å²) in [4.78, 5) is 0. The molecular weight excluding hydrogens is 298 g/mol. The van der Waals surface area contributed by atoms with Gasteiger partial charge in [0.15, 0.2) is 5.79 Å². The van der Waals surface area contributed by atoms with Crippen molar-refractivity contribution in [3.8, 4) is 0 Å². The first-order chi connectivity index (χ1) is 10.2. The Hall–Kier alpha value is -0.490. The van der Waals surface area contributed by atoms with Crippen LogP contribution in [0.25, 0.3) is 0 Å². The maximum absolute atomic E-state index is 12.8. The van der Waals surface area contributed by atoms with E-state index >= 15 is 0 Å². The van der Waals surface area contributed by atoms with E-state index in [4.69, 9.17) is 9.47 Å². The topological polar surface area (TPSA) is 47.6 Å². The number of hydrogen-bond donors (Lipinski definition) is 1. The molecule has 0 aromatic heterocycles. The van der Waals surface area contributed by atoms with Crippen molar-refractivity contribution in [1.82, 2.24) is 4.72 Å². The zero-order chi connectivity index (χ0) is 17.0. The third-order valence-electron chi connectivity index (χ3n) is 4.36.